The molecule has 1 aliphatic heterocycles. The van der Waals surface area contributed by atoms with E-state index in [1.54, 1.807) is 0 Å². The van der Waals surface area contributed by atoms with E-state index in [1.165, 1.54) is 30.4 Å². The Hall–Kier alpha value is -2.82. The zero-order valence-corrected chi connectivity index (χ0v) is 15.1. The van der Waals surface area contributed by atoms with Crippen molar-refractivity contribution >= 4 is 23.2 Å². The first kappa shape index (κ1) is 18.0. The standard InChI is InChI=1S/C21H25N3O2/c1-17(25)24(16-21(26)22-15-18-7-3-2-4-8-18)20-11-9-19(10-12-20)23-13-5-6-14-23/h2-4,7-12H,5-6,13-16H2,1H3,(H,22,26). The average molecular weight is 351 g/mol. The van der Waals surface area contributed by atoms with Gasteiger partial charge in [0.1, 0.15) is 6.54 Å². The molecule has 26 heavy (non-hydrogen) atoms. The summed E-state index contributed by atoms with van der Waals surface area (Å²) in [6, 6.07) is 17.6. The SMILES string of the molecule is CC(=O)N(CC(=O)NCc1ccccc1)c1ccc(N2CCCC2)cc1. The number of carbonyl (C=O) groups excluding carboxylic acids is 2. The number of amides is 2. The number of hydrogen-bond donors (Lipinski definition) is 1. The van der Waals surface area contributed by atoms with Gasteiger partial charge >= 0.3 is 0 Å². The number of nitrogens with one attached hydrogen (secondary N) is 1. The molecule has 1 heterocycles. The number of benzene rings is 2. The third kappa shape index (κ3) is 4.63. The van der Waals surface area contributed by atoms with Crippen LogP contribution in [0.3, 0.4) is 0 Å². The van der Waals surface area contributed by atoms with E-state index in [1.807, 2.05) is 54.6 Å². The number of rotatable bonds is 6. The molecule has 1 N–H and O–H groups in total. The van der Waals surface area contributed by atoms with Crippen molar-refractivity contribution < 1.29 is 9.59 Å². The van der Waals surface area contributed by atoms with Crippen molar-refractivity contribution in [1.29, 1.82) is 0 Å². The molecule has 5 nitrogen and oxygen atoms in total. The molecule has 0 saturated carbocycles. The summed E-state index contributed by atoms with van der Waals surface area (Å²) >= 11 is 0. The second-order valence-corrected chi connectivity index (χ2v) is 6.58. The zero-order valence-electron chi connectivity index (χ0n) is 15.1. The third-order valence-electron chi connectivity index (χ3n) is 4.65. The van der Waals surface area contributed by atoms with Crippen molar-refractivity contribution in [2.75, 3.05) is 29.4 Å². The van der Waals surface area contributed by atoms with Gasteiger partial charge in [0, 0.05) is 37.9 Å². The van der Waals surface area contributed by atoms with E-state index in [-0.39, 0.29) is 18.4 Å². The highest BCUT2D eigenvalue weighted by molar-refractivity contribution is 5.97. The van der Waals surface area contributed by atoms with Crippen LogP contribution in [0.2, 0.25) is 0 Å². The van der Waals surface area contributed by atoms with Gasteiger partial charge in [0.05, 0.1) is 0 Å². The van der Waals surface area contributed by atoms with E-state index in [0.717, 1.165) is 24.3 Å². The molecule has 0 atom stereocenters. The molecule has 0 unspecified atom stereocenters. The summed E-state index contributed by atoms with van der Waals surface area (Å²) in [6.07, 6.45) is 2.45. The molecule has 0 bridgehead atoms. The van der Waals surface area contributed by atoms with Crippen LogP contribution < -0.4 is 15.1 Å². The lowest BCUT2D eigenvalue weighted by atomic mass is 10.2. The van der Waals surface area contributed by atoms with Crippen LogP contribution in [-0.2, 0) is 16.1 Å². The van der Waals surface area contributed by atoms with E-state index in [4.69, 9.17) is 0 Å². The number of nitrogens with zero attached hydrogens (tertiary/aromatic N) is 2. The average Bonchev–Trinajstić information content (AvgIpc) is 3.20. The van der Waals surface area contributed by atoms with Crippen LogP contribution in [0.25, 0.3) is 0 Å². The molecular weight excluding hydrogens is 326 g/mol. The molecule has 136 valence electrons. The number of carbonyl (C=O) groups is 2. The largest absolute Gasteiger partial charge is 0.372 e. The second kappa shape index (κ2) is 8.52. The summed E-state index contributed by atoms with van der Waals surface area (Å²) in [6.45, 7) is 4.12. The molecule has 2 aromatic carbocycles. The minimum atomic E-state index is -0.173. The normalized spacial score (nSPS) is 13.5. The summed E-state index contributed by atoms with van der Waals surface area (Å²) in [5, 5.41) is 2.87. The predicted molar refractivity (Wildman–Crippen MR) is 104 cm³/mol. The molecular formula is C21H25N3O2. The fraction of sp³-hybridized carbons (Fsp3) is 0.333. The Balaban J connectivity index is 1.61. The number of anilines is 2. The lowest BCUT2D eigenvalue weighted by Gasteiger charge is -2.23. The van der Waals surface area contributed by atoms with Crippen molar-refractivity contribution in [2.45, 2.75) is 26.3 Å². The van der Waals surface area contributed by atoms with Crippen LogP contribution in [0.5, 0.6) is 0 Å². The van der Waals surface area contributed by atoms with E-state index >= 15 is 0 Å². The van der Waals surface area contributed by atoms with Crippen molar-refractivity contribution in [1.82, 2.24) is 5.32 Å². The van der Waals surface area contributed by atoms with Gasteiger partial charge in [-0.15, -0.1) is 0 Å². The van der Waals surface area contributed by atoms with Gasteiger partial charge in [0.15, 0.2) is 0 Å². The first-order chi connectivity index (χ1) is 12.6. The van der Waals surface area contributed by atoms with Gasteiger partial charge in [-0.1, -0.05) is 30.3 Å². The summed E-state index contributed by atoms with van der Waals surface area (Å²) in [4.78, 5) is 28.1. The minimum Gasteiger partial charge on any atom is -0.372 e. The summed E-state index contributed by atoms with van der Waals surface area (Å²) in [5.41, 5.74) is 2.95. The van der Waals surface area contributed by atoms with Gasteiger partial charge in [-0.3, -0.25) is 9.59 Å². The molecule has 2 aromatic rings. The maximum Gasteiger partial charge on any atom is 0.240 e. The van der Waals surface area contributed by atoms with Crippen molar-refractivity contribution in [2.24, 2.45) is 0 Å². The topological polar surface area (TPSA) is 52.7 Å². The van der Waals surface area contributed by atoms with E-state index in [0.29, 0.717) is 6.54 Å². The molecule has 1 aliphatic rings. The Bertz CT molecular complexity index is 738. The van der Waals surface area contributed by atoms with Gasteiger partial charge in [-0.2, -0.15) is 0 Å². The van der Waals surface area contributed by atoms with Gasteiger partial charge in [0.2, 0.25) is 11.8 Å². The van der Waals surface area contributed by atoms with Gasteiger partial charge in [-0.25, -0.2) is 0 Å². The summed E-state index contributed by atoms with van der Waals surface area (Å²) < 4.78 is 0. The molecule has 5 heteroatoms. The fourth-order valence-electron chi connectivity index (χ4n) is 3.20. The van der Waals surface area contributed by atoms with Crippen molar-refractivity contribution in [3.63, 3.8) is 0 Å². The van der Waals surface area contributed by atoms with E-state index < -0.39 is 0 Å². The van der Waals surface area contributed by atoms with Crippen LogP contribution in [-0.4, -0.2) is 31.4 Å². The molecule has 3 rings (SSSR count). The van der Waals surface area contributed by atoms with Crippen molar-refractivity contribution in [3.05, 3.63) is 60.2 Å². The highest BCUT2D eigenvalue weighted by atomic mass is 16.2. The first-order valence-corrected chi connectivity index (χ1v) is 9.07. The molecule has 0 radical (unpaired) electrons. The Labute approximate surface area is 154 Å². The Morgan fingerprint density at radius 3 is 2.27 bits per heavy atom. The van der Waals surface area contributed by atoms with Crippen LogP contribution >= 0.6 is 0 Å². The van der Waals surface area contributed by atoms with Gasteiger partial charge in [0.25, 0.3) is 0 Å². The van der Waals surface area contributed by atoms with Gasteiger partial charge < -0.3 is 15.1 Å². The smallest absolute Gasteiger partial charge is 0.240 e. The summed E-state index contributed by atoms with van der Waals surface area (Å²) in [5.74, 6) is -0.318. The third-order valence-corrected chi connectivity index (χ3v) is 4.65. The van der Waals surface area contributed by atoms with Gasteiger partial charge in [-0.05, 0) is 42.7 Å². The maximum atomic E-state index is 12.3. The first-order valence-electron chi connectivity index (χ1n) is 9.07. The second-order valence-electron chi connectivity index (χ2n) is 6.58. The quantitative estimate of drug-likeness (QED) is 0.871. The molecule has 0 aliphatic carbocycles. The van der Waals surface area contributed by atoms with Crippen molar-refractivity contribution in [3.8, 4) is 0 Å². The zero-order chi connectivity index (χ0) is 18.4. The van der Waals surface area contributed by atoms with E-state index in [2.05, 4.69) is 10.2 Å². The highest BCUT2D eigenvalue weighted by Crippen LogP contribution is 2.24. The van der Waals surface area contributed by atoms with Crippen LogP contribution in [0, 0.1) is 0 Å². The van der Waals surface area contributed by atoms with Crippen LogP contribution in [0.1, 0.15) is 25.3 Å². The molecule has 1 fully saturated rings. The van der Waals surface area contributed by atoms with E-state index in [9.17, 15) is 9.59 Å². The lowest BCUT2D eigenvalue weighted by molar-refractivity contribution is -0.123. The minimum absolute atomic E-state index is 0.0191. The molecule has 0 aromatic heterocycles. The monoisotopic (exact) mass is 351 g/mol. The molecule has 2 amide bonds. The predicted octanol–water partition coefficient (Wildman–Crippen LogP) is 2.96. The summed E-state index contributed by atoms with van der Waals surface area (Å²) in [7, 11) is 0. The Kier molecular flexibility index (Phi) is 5.89. The maximum absolute atomic E-state index is 12.3. The lowest BCUT2D eigenvalue weighted by Crippen LogP contribution is -2.39. The van der Waals surface area contributed by atoms with Crippen LogP contribution in [0.15, 0.2) is 54.6 Å². The molecule has 1 saturated heterocycles. The number of hydrogen-bond acceptors (Lipinski definition) is 3. The molecule has 0 spiro atoms. The highest BCUT2D eigenvalue weighted by Gasteiger charge is 2.17. The Morgan fingerprint density at radius 2 is 1.65 bits per heavy atom. The fourth-order valence-corrected chi connectivity index (χ4v) is 3.20. The Morgan fingerprint density at radius 1 is 1.00 bits per heavy atom. The van der Waals surface area contributed by atoms with Crippen LogP contribution in [0.4, 0.5) is 11.4 Å².